The van der Waals surface area contributed by atoms with Crippen LogP contribution in [0.15, 0.2) is 77.3 Å². The summed E-state index contributed by atoms with van der Waals surface area (Å²) in [6.07, 6.45) is 0. The van der Waals surface area contributed by atoms with E-state index in [0.717, 1.165) is 5.56 Å². The minimum atomic E-state index is -0.894. The summed E-state index contributed by atoms with van der Waals surface area (Å²) in [7, 11) is 6.28. The van der Waals surface area contributed by atoms with Crippen molar-refractivity contribution in [3.63, 3.8) is 0 Å². The van der Waals surface area contributed by atoms with E-state index in [1.165, 1.54) is 19.1 Å². The Morgan fingerprint density at radius 2 is 1.64 bits per heavy atom. The Kier molecular flexibility index (Phi) is 7.16. The molecule has 8 heteroatoms. The van der Waals surface area contributed by atoms with E-state index in [1.807, 2.05) is 37.2 Å². The number of nitrogens with zero attached hydrogens (tertiary/aromatic N) is 3. The van der Waals surface area contributed by atoms with Crippen LogP contribution in [-0.4, -0.2) is 45.2 Å². The second kappa shape index (κ2) is 10.0. The Hall–Kier alpha value is -4.09. The molecule has 3 rings (SSSR count). The van der Waals surface area contributed by atoms with Crippen LogP contribution in [0.3, 0.4) is 0 Å². The maximum Gasteiger partial charge on any atom is 0.355 e. The Morgan fingerprint density at radius 3 is 2.21 bits per heavy atom. The number of benzene rings is 2. The summed E-state index contributed by atoms with van der Waals surface area (Å²) in [5.74, 6) is -2.36. The van der Waals surface area contributed by atoms with E-state index in [4.69, 9.17) is 15.2 Å². The molecule has 2 aromatic carbocycles. The summed E-state index contributed by atoms with van der Waals surface area (Å²) >= 11 is 0. The van der Waals surface area contributed by atoms with E-state index in [2.05, 4.69) is 6.07 Å². The van der Waals surface area contributed by atoms with Gasteiger partial charge < -0.3 is 20.1 Å². The quantitative estimate of drug-likeness (QED) is 0.675. The lowest BCUT2D eigenvalue weighted by Crippen LogP contribution is -2.41. The number of para-hydroxylation sites is 1. The summed E-state index contributed by atoms with van der Waals surface area (Å²) in [6.45, 7) is 0.534. The first-order valence-corrected chi connectivity index (χ1v) is 10.2. The molecular weight excluding hydrogens is 420 g/mol. The van der Waals surface area contributed by atoms with Crippen LogP contribution in [0.2, 0.25) is 0 Å². The molecule has 1 unspecified atom stereocenters. The molecule has 0 saturated carbocycles. The number of anilines is 1. The van der Waals surface area contributed by atoms with Crippen LogP contribution in [-0.2, 0) is 25.6 Å². The second-order valence-electron chi connectivity index (χ2n) is 7.70. The predicted octanol–water partition coefficient (Wildman–Crippen LogP) is 2.65. The number of hydrogen-bond donors (Lipinski definition) is 1. The fraction of sp³-hybridized carbons (Fsp3) is 0.240. The summed E-state index contributed by atoms with van der Waals surface area (Å²) in [5.41, 5.74) is 8.62. The zero-order valence-electron chi connectivity index (χ0n) is 19.0. The number of ether oxygens (including phenoxy) is 2. The molecule has 2 aromatic rings. The van der Waals surface area contributed by atoms with Gasteiger partial charge in [0.05, 0.1) is 43.0 Å². The Labute approximate surface area is 193 Å². The van der Waals surface area contributed by atoms with Crippen LogP contribution in [0, 0.1) is 11.3 Å². The average Bonchev–Trinajstić information content (AvgIpc) is 2.83. The Balaban J connectivity index is 2.41. The first-order valence-electron chi connectivity index (χ1n) is 10.2. The zero-order chi connectivity index (χ0) is 24.1. The molecule has 1 heterocycles. The van der Waals surface area contributed by atoms with Gasteiger partial charge in [-0.3, -0.25) is 4.90 Å². The van der Waals surface area contributed by atoms with Gasteiger partial charge in [0.2, 0.25) is 0 Å². The number of esters is 2. The molecule has 1 atom stereocenters. The van der Waals surface area contributed by atoms with Gasteiger partial charge in [-0.25, -0.2) is 9.59 Å². The molecule has 0 amide bonds. The lowest BCUT2D eigenvalue weighted by molar-refractivity contribution is -0.139. The molecular formula is C25H26N4O4. The molecule has 0 radical (unpaired) electrons. The highest BCUT2D eigenvalue weighted by molar-refractivity contribution is 6.06. The van der Waals surface area contributed by atoms with Gasteiger partial charge in [0, 0.05) is 6.54 Å². The number of allylic oxidation sites excluding steroid dienone is 1. The van der Waals surface area contributed by atoms with E-state index >= 15 is 0 Å². The summed E-state index contributed by atoms with van der Waals surface area (Å²) in [6, 6.07) is 18.4. The van der Waals surface area contributed by atoms with Crippen molar-refractivity contribution in [2.24, 2.45) is 5.73 Å². The molecule has 170 valence electrons. The number of nitriles is 1. The molecule has 0 aromatic heterocycles. The third-order valence-electron chi connectivity index (χ3n) is 5.33. The van der Waals surface area contributed by atoms with E-state index in [0.29, 0.717) is 17.8 Å². The molecule has 2 N–H and O–H groups in total. The number of hydrogen-bond acceptors (Lipinski definition) is 8. The van der Waals surface area contributed by atoms with Crippen molar-refractivity contribution in [2.45, 2.75) is 12.5 Å². The highest BCUT2D eigenvalue weighted by Gasteiger charge is 2.43. The van der Waals surface area contributed by atoms with Gasteiger partial charge in [-0.1, -0.05) is 48.5 Å². The SMILES string of the molecule is COC(=O)C1=C(C(=O)OC)N(c2ccccc2CN(C)C)C(N)=C(C#N)C1c1ccccc1. The van der Waals surface area contributed by atoms with Gasteiger partial charge >= 0.3 is 11.9 Å². The Morgan fingerprint density at radius 1 is 1.03 bits per heavy atom. The monoisotopic (exact) mass is 446 g/mol. The lowest BCUT2D eigenvalue weighted by atomic mass is 9.80. The summed E-state index contributed by atoms with van der Waals surface area (Å²) < 4.78 is 10.1. The largest absolute Gasteiger partial charge is 0.466 e. The third kappa shape index (κ3) is 4.45. The van der Waals surface area contributed by atoms with Gasteiger partial charge in [-0.2, -0.15) is 5.26 Å². The first kappa shape index (κ1) is 23.6. The van der Waals surface area contributed by atoms with E-state index in [9.17, 15) is 14.9 Å². The molecule has 0 aliphatic carbocycles. The minimum Gasteiger partial charge on any atom is -0.466 e. The molecule has 0 fully saturated rings. The highest BCUT2D eigenvalue weighted by atomic mass is 16.5. The van der Waals surface area contributed by atoms with E-state index in [-0.39, 0.29) is 22.7 Å². The number of rotatable bonds is 6. The molecule has 33 heavy (non-hydrogen) atoms. The van der Waals surface area contributed by atoms with E-state index in [1.54, 1.807) is 36.4 Å². The number of methoxy groups -OCH3 is 2. The fourth-order valence-corrected chi connectivity index (χ4v) is 3.97. The molecule has 0 saturated heterocycles. The first-order chi connectivity index (χ1) is 15.8. The topological polar surface area (TPSA) is 109 Å². The summed E-state index contributed by atoms with van der Waals surface area (Å²) in [5, 5.41) is 10.1. The standard InChI is InChI=1S/C25H26N4O4/c1-28(2)15-17-12-8-9-13-19(17)29-22(25(31)33-4)21(24(30)32-3)20(18(14-26)23(29)27)16-10-6-5-7-11-16/h5-13,20H,15,27H2,1-4H3. The van der Waals surface area contributed by atoms with Crippen molar-refractivity contribution in [3.8, 4) is 6.07 Å². The van der Waals surface area contributed by atoms with Crippen LogP contribution in [0.1, 0.15) is 17.0 Å². The van der Waals surface area contributed by atoms with Crippen molar-refractivity contribution in [1.82, 2.24) is 4.90 Å². The second-order valence-corrected chi connectivity index (χ2v) is 7.70. The lowest BCUT2D eigenvalue weighted by Gasteiger charge is -2.37. The summed E-state index contributed by atoms with van der Waals surface area (Å²) in [4.78, 5) is 29.6. The molecule has 0 spiro atoms. The van der Waals surface area contributed by atoms with Crippen LogP contribution in [0.5, 0.6) is 0 Å². The highest BCUT2D eigenvalue weighted by Crippen LogP contribution is 2.43. The van der Waals surface area contributed by atoms with Crippen molar-refractivity contribution in [3.05, 3.63) is 88.4 Å². The van der Waals surface area contributed by atoms with Gasteiger partial charge in [0.1, 0.15) is 11.5 Å². The Bertz CT molecular complexity index is 1160. The number of carbonyl (C=O) groups is 2. The molecule has 0 bridgehead atoms. The van der Waals surface area contributed by atoms with Crippen molar-refractivity contribution in [1.29, 1.82) is 5.26 Å². The van der Waals surface area contributed by atoms with Crippen LogP contribution in [0.4, 0.5) is 5.69 Å². The molecule has 1 aliphatic rings. The van der Waals surface area contributed by atoms with Crippen molar-refractivity contribution >= 4 is 17.6 Å². The zero-order valence-corrected chi connectivity index (χ0v) is 19.0. The van der Waals surface area contributed by atoms with Gasteiger partial charge in [0.15, 0.2) is 0 Å². The van der Waals surface area contributed by atoms with Crippen molar-refractivity contribution in [2.75, 3.05) is 33.2 Å². The fourth-order valence-electron chi connectivity index (χ4n) is 3.97. The molecule has 8 nitrogen and oxygen atoms in total. The smallest absolute Gasteiger partial charge is 0.355 e. The van der Waals surface area contributed by atoms with Crippen LogP contribution in [0.25, 0.3) is 0 Å². The maximum absolute atomic E-state index is 13.1. The van der Waals surface area contributed by atoms with Gasteiger partial charge in [-0.15, -0.1) is 0 Å². The number of nitrogens with two attached hydrogens (primary N) is 1. The minimum absolute atomic E-state index is 0.0130. The third-order valence-corrected chi connectivity index (χ3v) is 5.33. The average molecular weight is 447 g/mol. The molecule has 1 aliphatic heterocycles. The predicted molar refractivity (Wildman–Crippen MR) is 123 cm³/mol. The van der Waals surface area contributed by atoms with E-state index < -0.39 is 17.9 Å². The van der Waals surface area contributed by atoms with Gasteiger partial charge in [-0.05, 0) is 31.3 Å². The normalized spacial score (nSPS) is 16.0. The van der Waals surface area contributed by atoms with Crippen LogP contribution >= 0.6 is 0 Å². The van der Waals surface area contributed by atoms with Crippen LogP contribution < -0.4 is 10.6 Å². The van der Waals surface area contributed by atoms with Crippen molar-refractivity contribution < 1.29 is 19.1 Å². The van der Waals surface area contributed by atoms with Gasteiger partial charge in [0.25, 0.3) is 0 Å². The maximum atomic E-state index is 13.1. The number of carbonyl (C=O) groups excluding carboxylic acids is 2.